The van der Waals surface area contributed by atoms with Gasteiger partial charge in [-0.15, -0.1) is 11.3 Å². The van der Waals surface area contributed by atoms with Crippen molar-refractivity contribution >= 4 is 17.2 Å². The highest BCUT2D eigenvalue weighted by atomic mass is 32.1. The largest absolute Gasteiger partial charge is 0.396 e. The van der Waals surface area contributed by atoms with Crippen LogP contribution >= 0.6 is 11.3 Å². The number of aliphatic hydroxyl groups excluding tert-OH is 1. The van der Waals surface area contributed by atoms with E-state index in [4.69, 9.17) is 0 Å². The van der Waals surface area contributed by atoms with Crippen molar-refractivity contribution in [3.63, 3.8) is 0 Å². The number of amides is 1. The highest BCUT2D eigenvalue weighted by molar-refractivity contribution is 7.13. The number of aryl methyl sites for hydroxylation is 1. The van der Waals surface area contributed by atoms with Crippen molar-refractivity contribution in [2.75, 3.05) is 13.2 Å². The average Bonchev–Trinajstić information content (AvgIpc) is 2.91. The number of nitrogens with one attached hydrogen (secondary N) is 1. The van der Waals surface area contributed by atoms with Crippen molar-refractivity contribution < 1.29 is 9.90 Å². The summed E-state index contributed by atoms with van der Waals surface area (Å²) in [7, 11) is 0. The number of carbonyl (C=O) groups excluding carboxylic acids is 1. The van der Waals surface area contributed by atoms with Crippen molar-refractivity contribution in [2.24, 2.45) is 11.8 Å². The van der Waals surface area contributed by atoms with Crippen LogP contribution in [0.4, 0.5) is 0 Å². The van der Waals surface area contributed by atoms with Gasteiger partial charge in [-0.2, -0.15) is 0 Å². The van der Waals surface area contributed by atoms with E-state index in [0.717, 1.165) is 22.8 Å². The molecule has 0 bridgehead atoms. The molecule has 0 aromatic carbocycles. The third kappa shape index (κ3) is 5.39. The molecule has 2 aromatic heterocycles. The molecule has 1 unspecified atom stereocenters. The summed E-state index contributed by atoms with van der Waals surface area (Å²) >= 11 is 1.46. The predicted octanol–water partition coefficient (Wildman–Crippen LogP) is 2.63. The second-order valence-corrected chi connectivity index (χ2v) is 7.49. The van der Waals surface area contributed by atoms with Crippen LogP contribution in [-0.2, 0) is 12.8 Å². The van der Waals surface area contributed by atoms with Crippen LogP contribution in [0.25, 0.3) is 0 Å². The number of hydrogen-bond acceptors (Lipinski definition) is 5. The quantitative estimate of drug-likeness (QED) is 0.770. The number of nitrogens with zero attached hydrogens (tertiary/aromatic N) is 2. The highest BCUT2D eigenvalue weighted by Gasteiger charge is 2.17. The number of aliphatic hydroxyl groups is 1. The van der Waals surface area contributed by atoms with Crippen molar-refractivity contribution in [3.05, 3.63) is 45.7 Å². The van der Waals surface area contributed by atoms with Gasteiger partial charge in [0.1, 0.15) is 4.88 Å². The standard InChI is InChI=1S/C18H25N3O2S/c1-12(2)8-16-21-13(3)17(24-16)18(23)20-10-14(11-22)9-15-6-4-5-7-19-15/h4-7,12,14,22H,8-11H2,1-3H3,(H,20,23). The van der Waals surface area contributed by atoms with Crippen LogP contribution in [0.2, 0.25) is 0 Å². The van der Waals surface area contributed by atoms with Gasteiger partial charge < -0.3 is 10.4 Å². The van der Waals surface area contributed by atoms with Crippen LogP contribution in [0.3, 0.4) is 0 Å². The maximum atomic E-state index is 12.4. The van der Waals surface area contributed by atoms with E-state index in [0.29, 0.717) is 23.8 Å². The minimum atomic E-state index is -0.112. The van der Waals surface area contributed by atoms with Crippen LogP contribution in [0.15, 0.2) is 24.4 Å². The lowest BCUT2D eigenvalue weighted by Gasteiger charge is -2.14. The average molecular weight is 347 g/mol. The molecule has 130 valence electrons. The van der Waals surface area contributed by atoms with E-state index in [2.05, 4.69) is 29.1 Å². The Kier molecular flexibility index (Phi) is 6.87. The summed E-state index contributed by atoms with van der Waals surface area (Å²) in [4.78, 5) is 21.8. The summed E-state index contributed by atoms with van der Waals surface area (Å²) in [6.45, 7) is 6.58. The minimum absolute atomic E-state index is 0.0110. The molecule has 5 nitrogen and oxygen atoms in total. The van der Waals surface area contributed by atoms with E-state index < -0.39 is 0 Å². The number of carbonyl (C=O) groups is 1. The number of rotatable bonds is 8. The summed E-state index contributed by atoms with van der Waals surface area (Å²) in [5.74, 6) is 0.357. The maximum Gasteiger partial charge on any atom is 0.263 e. The molecule has 0 radical (unpaired) electrons. The van der Waals surface area contributed by atoms with E-state index in [1.165, 1.54) is 11.3 Å². The van der Waals surface area contributed by atoms with E-state index >= 15 is 0 Å². The summed E-state index contributed by atoms with van der Waals surface area (Å²) in [5.41, 5.74) is 1.69. The van der Waals surface area contributed by atoms with E-state index in [1.54, 1.807) is 6.20 Å². The Labute approximate surface area is 147 Å². The Morgan fingerprint density at radius 3 is 2.75 bits per heavy atom. The van der Waals surface area contributed by atoms with Crippen LogP contribution in [0.5, 0.6) is 0 Å². The molecule has 0 fully saturated rings. The normalized spacial score (nSPS) is 12.4. The molecular weight excluding hydrogens is 322 g/mol. The molecule has 0 aliphatic carbocycles. The lowest BCUT2D eigenvalue weighted by Crippen LogP contribution is -2.31. The summed E-state index contributed by atoms with van der Waals surface area (Å²) in [5, 5.41) is 13.5. The molecule has 0 aliphatic heterocycles. The first-order valence-electron chi connectivity index (χ1n) is 8.24. The van der Waals surface area contributed by atoms with Crippen molar-refractivity contribution in [1.29, 1.82) is 0 Å². The van der Waals surface area contributed by atoms with E-state index in [9.17, 15) is 9.90 Å². The van der Waals surface area contributed by atoms with Gasteiger partial charge in [0.15, 0.2) is 0 Å². The van der Waals surface area contributed by atoms with Gasteiger partial charge in [-0.1, -0.05) is 19.9 Å². The van der Waals surface area contributed by atoms with Crippen molar-refractivity contribution in [3.8, 4) is 0 Å². The van der Waals surface area contributed by atoms with Gasteiger partial charge in [0.25, 0.3) is 5.91 Å². The fourth-order valence-electron chi connectivity index (χ4n) is 2.43. The zero-order valence-corrected chi connectivity index (χ0v) is 15.3. The second kappa shape index (κ2) is 8.89. The highest BCUT2D eigenvalue weighted by Crippen LogP contribution is 2.20. The molecule has 2 N–H and O–H groups in total. The lowest BCUT2D eigenvalue weighted by atomic mass is 10.0. The molecule has 1 atom stereocenters. The van der Waals surface area contributed by atoms with Crippen LogP contribution < -0.4 is 5.32 Å². The third-order valence-corrected chi connectivity index (χ3v) is 4.84. The monoisotopic (exact) mass is 347 g/mol. The first-order chi connectivity index (χ1) is 11.5. The zero-order valence-electron chi connectivity index (χ0n) is 14.5. The first kappa shape index (κ1) is 18.5. The Balaban J connectivity index is 1.92. The molecule has 6 heteroatoms. The molecule has 0 saturated carbocycles. The molecule has 2 rings (SSSR count). The molecule has 0 spiro atoms. The number of thiazole rings is 1. The molecule has 1 amide bonds. The Morgan fingerprint density at radius 2 is 2.12 bits per heavy atom. The minimum Gasteiger partial charge on any atom is -0.396 e. The predicted molar refractivity (Wildman–Crippen MR) is 96.2 cm³/mol. The summed E-state index contributed by atoms with van der Waals surface area (Å²) < 4.78 is 0. The molecular formula is C18H25N3O2S. The first-order valence-corrected chi connectivity index (χ1v) is 9.06. The van der Waals surface area contributed by atoms with Gasteiger partial charge in [0, 0.05) is 37.4 Å². The summed E-state index contributed by atoms with van der Waals surface area (Å²) in [6, 6.07) is 5.71. The molecule has 0 aliphatic rings. The molecule has 0 saturated heterocycles. The summed E-state index contributed by atoms with van der Waals surface area (Å²) in [6.07, 6.45) is 3.26. The third-order valence-electron chi connectivity index (χ3n) is 3.66. The Morgan fingerprint density at radius 1 is 1.33 bits per heavy atom. The zero-order chi connectivity index (χ0) is 17.5. The SMILES string of the molecule is Cc1nc(CC(C)C)sc1C(=O)NCC(CO)Cc1ccccn1. The van der Waals surface area contributed by atoms with Crippen molar-refractivity contribution in [2.45, 2.75) is 33.6 Å². The van der Waals surface area contributed by atoms with E-state index in [-0.39, 0.29) is 18.4 Å². The fourth-order valence-corrected chi connectivity index (χ4v) is 3.63. The van der Waals surface area contributed by atoms with Gasteiger partial charge in [-0.25, -0.2) is 4.98 Å². The van der Waals surface area contributed by atoms with Crippen LogP contribution in [0.1, 0.15) is 39.9 Å². The molecule has 2 aromatic rings. The van der Waals surface area contributed by atoms with Gasteiger partial charge in [0.05, 0.1) is 10.7 Å². The Hall–Kier alpha value is -1.79. The van der Waals surface area contributed by atoms with Crippen molar-refractivity contribution in [1.82, 2.24) is 15.3 Å². The lowest BCUT2D eigenvalue weighted by molar-refractivity contribution is 0.0943. The number of aromatic nitrogens is 2. The number of hydrogen-bond donors (Lipinski definition) is 2. The smallest absolute Gasteiger partial charge is 0.263 e. The maximum absolute atomic E-state index is 12.4. The van der Waals surface area contributed by atoms with Crippen LogP contribution in [0, 0.1) is 18.8 Å². The molecule has 2 heterocycles. The van der Waals surface area contributed by atoms with Gasteiger partial charge in [-0.3, -0.25) is 9.78 Å². The Bertz CT molecular complexity index is 656. The topological polar surface area (TPSA) is 75.1 Å². The molecule has 24 heavy (non-hydrogen) atoms. The van der Waals surface area contributed by atoms with Gasteiger partial charge in [-0.05, 0) is 31.4 Å². The van der Waals surface area contributed by atoms with Gasteiger partial charge >= 0.3 is 0 Å². The fraction of sp³-hybridized carbons (Fsp3) is 0.500. The number of pyridine rings is 1. The van der Waals surface area contributed by atoms with Crippen LogP contribution in [-0.4, -0.2) is 34.1 Å². The second-order valence-electron chi connectivity index (χ2n) is 6.40. The van der Waals surface area contributed by atoms with E-state index in [1.807, 2.05) is 25.1 Å². The van der Waals surface area contributed by atoms with Gasteiger partial charge in [0.2, 0.25) is 0 Å².